The lowest BCUT2D eigenvalue weighted by atomic mass is 10.4. The molecule has 0 bridgehead atoms. The quantitative estimate of drug-likeness (QED) is 0.809. The van der Waals surface area contributed by atoms with E-state index in [4.69, 9.17) is 39.5 Å². The standard InChI is InChI=1S/C12H13Cl3N4O/c13-5-8-9(6-14)19-7-10(15)17-11(12(19)16-8)18-1-3-20-4-2-18/h7H,1-6H2. The fourth-order valence-electron chi connectivity index (χ4n) is 2.33. The second-order valence-electron chi connectivity index (χ2n) is 4.45. The van der Waals surface area contributed by atoms with Gasteiger partial charge in [-0.1, -0.05) is 11.6 Å². The lowest BCUT2D eigenvalue weighted by Crippen LogP contribution is -2.37. The third kappa shape index (κ3) is 2.44. The van der Waals surface area contributed by atoms with E-state index in [9.17, 15) is 0 Å². The molecule has 0 aliphatic carbocycles. The Morgan fingerprint density at radius 1 is 1.15 bits per heavy atom. The summed E-state index contributed by atoms with van der Waals surface area (Å²) in [6.07, 6.45) is 1.72. The fraction of sp³-hybridized carbons (Fsp3) is 0.500. The molecule has 0 atom stereocenters. The van der Waals surface area contributed by atoms with Crippen LogP contribution in [-0.4, -0.2) is 40.7 Å². The molecule has 2 aromatic heterocycles. The van der Waals surface area contributed by atoms with Gasteiger partial charge in [-0.3, -0.25) is 4.40 Å². The molecule has 0 radical (unpaired) electrons. The molecule has 0 unspecified atom stereocenters. The van der Waals surface area contributed by atoms with Crippen LogP contribution in [0.3, 0.4) is 0 Å². The summed E-state index contributed by atoms with van der Waals surface area (Å²) in [5.74, 6) is 1.39. The molecule has 0 amide bonds. The average Bonchev–Trinajstić information content (AvgIpc) is 2.84. The number of hydrogen-bond donors (Lipinski definition) is 0. The van der Waals surface area contributed by atoms with E-state index in [0.29, 0.717) is 30.1 Å². The van der Waals surface area contributed by atoms with E-state index >= 15 is 0 Å². The molecule has 20 heavy (non-hydrogen) atoms. The predicted molar refractivity (Wildman–Crippen MR) is 80.1 cm³/mol. The summed E-state index contributed by atoms with van der Waals surface area (Å²) in [6, 6.07) is 0. The Labute approximate surface area is 131 Å². The van der Waals surface area contributed by atoms with Crippen molar-refractivity contribution in [1.82, 2.24) is 14.4 Å². The van der Waals surface area contributed by atoms with Crippen LogP contribution >= 0.6 is 34.8 Å². The van der Waals surface area contributed by atoms with E-state index in [2.05, 4.69) is 14.9 Å². The zero-order chi connectivity index (χ0) is 14.1. The first-order valence-corrected chi connectivity index (χ1v) is 7.70. The Balaban J connectivity index is 2.18. The largest absolute Gasteiger partial charge is 0.378 e. The Morgan fingerprint density at radius 3 is 2.55 bits per heavy atom. The molecule has 3 rings (SSSR count). The summed E-state index contributed by atoms with van der Waals surface area (Å²) in [4.78, 5) is 11.1. The summed E-state index contributed by atoms with van der Waals surface area (Å²) in [5.41, 5.74) is 2.36. The summed E-state index contributed by atoms with van der Waals surface area (Å²) in [5, 5.41) is 0.406. The van der Waals surface area contributed by atoms with Crippen molar-refractivity contribution in [2.24, 2.45) is 0 Å². The zero-order valence-corrected chi connectivity index (χ0v) is 12.9. The van der Waals surface area contributed by atoms with Crippen LogP contribution in [0, 0.1) is 0 Å². The minimum atomic E-state index is 0.309. The number of ether oxygens (including phenoxy) is 1. The summed E-state index contributed by atoms with van der Waals surface area (Å²) in [7, 11) is 0. The van der Waals surface area contributed by atoms with Crippen molar-refractivity contribution in [3.05, 3.63) is 22.7 Å². The smallest absolute Gasteiger partial charge is 0.180 e. The van der Waals surface area contributed by atoms with E-state index < -0.39 is 0 Å². The third-order valence-electron chi connectivity index (χ3n) is 3.31. The molecule has 0 saturated carbocycles. The Bertz CT molecular complexity index is 625. The van der Waals surface area contributed by atoms with Crippen LogP contribution < -0.4 is 4.90 Å². The van der Waals surface area contributed by atoms with Crippen LogP contribution in [-0.2, 0) is 16.5 Å². The van der Waals surface area contributed by atoms with Crippen LogP contribution in [0.4, 0.5) is 5.82 Å². The lowest BCUT2D eigenvalue weighted by Gasteiger charge is -2.28. The van der Waals surface area contributed by atoms with Gasteiger partial charge in [-0.2, -0.15) is 0 Å². The lowest BCUT2D eigenvalue weighted by molar-refractivity contribution is 0.122. The monoisotopic (exact) mass is 334 g/mol. The summed E-state index contributed by atoms with van der Waals surface area (Å²) >= 11 is 18.1. The van der Waals surface area contributed by atoms with Crippen molar-refractivity contribution in [1.29, 1.82) is 0 Å². The van der Waals surface area contributed by atoms with Crippen LogP contribution in [0.2, 0.25) is 5.15 Å². The number of fused-ring (bicyclic) bond motifs is 1. The SMILES string of the molecule is ClCc1nc2c(N3CCOCC3)nc(Cl)cn2c1CCl. The summed E-state index contributed by atoms with van der Waals surface area (Å²) < 4.78 is 7.24. The summed E-state index contributed by atoms with van der Waals surface area (Å²) in [6.45, 7) is 2.88. The number of aromatic nitrogens is 3. The topological polar surface area (TPSA) is 42.7 Å². The van der Waals surface area contributed by atoms with Crippen molar-refractivity contribution < 1.29 is 4.74 Å². The number of imidazole rings is 1. The molecule has 1 saturated heterocycles. The molecule has 5 nitrogen and oxygen atoms in total. The van der Waals surface area contributed by atoms with Gasteiger partial charge in [0.05, 0.1) is 36.4 Å². The number of hydrogen-bond acceptors (Lipinski definition) is 4. The number of nitrogens with zero attached hydrogens (tertiary/aromatic N) is 4. The van der Waals surface area contributed by atoms with Gasteiger partial charge in [0.25, 0.3) is 0 Å². The fourth-order valence-corrected chi connectivity index (χ4v) is 3.01. The molecule has 0 spiro atoms. The Morgan fingerprint density at radius 2 is 1.90 bits per heavy atom. The van der Waals surface area contributed by atoms with Gasteiger partial charge in [-0.15, -0.1) is 23.2 Å². The van der Waals surface area contributed by atoms with Gasteiger partial charge in [0.15, 0.2) is 11.5 Å². The van der Waals surface area contributed by atoms with Gasteiger partial charge in [0.1, 0.15) is 5.15 Å². The molecule has 0 N–H and O–H groups in total. The van der Waals surface area contributed by atoms with E-state index in [-0.39, 0.29) is 0 Å². The zero-order valence-electron chi connectivity index (χ0n) is 10.7. The maximum atomic E-state index is 6.13. The van der Waals surface area contributed by atoms with E-state index in [1.165, 1.54) is 0 Å². The second-order valence-corrected chi connectivity index (χ2v) is 5.37. The molecule has 1 fully saturated rings. The molecule has 1 aliphatic heterocycles. The third-order valence-corrected chi connectivity index (χ3v) is 3.99. The van der Waals surface area contributed by atoms with Gasteiger partial charge in [-0.25, -0.2) is 9.97 Å². The minimum Gasteiger partial charge on any atom is -0.378 e. The van der Waals surface area contributed by atoms with Gasteiger partial charge in [0, 0.05) is 19.3 Å². The van der Waals surface area contributed by atoms with Crippen LogP contribution in [0.15, 0.2) is 6.20 Å². The van der Waals surface area contributed by atoms with Crippen molar-refractivity contribution in [2.45, 2.75) is 11.8 Å². The first-order valence-electron chi connectivity index (χ1n) is 6.25. The van der Waals surface area contributed by atoms with Gasteiger partial charge in [-0.05, 0) is 0 Å². The number of halogens is 3. The van der Waals surface area contributed by atoms with Crippen molar-refractivity contribution >= 4 is 46.3 Å². The van der Waals surface area contributed by atoms with E-state index in [1.807, 2.05) is 4.40 Å². The molecule has 8 heteroatoms. The highest BCUT2D eigenvalue weighted by Gasteiger charge is 2.21. The minimum absolute atomic E-state index is 0.309. The number of alkyl halides is 2. The van der Waals surface area contributed by atoms with Gasteiger partial charge >= 0.3 is 0 Å². The maximum Gasteiger partial charge on any atom is 0.180 e. The van der Waals surface area contributed by atoms with E-state index in [0.717, 1.165) is 35.9 Å². The average molecular weight is 336 g/mol. The normalized spacial score (nSPS) is 16.1. The Kier molecular flexibility index (Phi) is 4.21. The first-order chi connectivity index (χ1) is 9.74. The van der Waals surface area contributed by atoms with Crippen LogP contribution in [0.5, 0.6) is 0 Å². The molecule has 108 valence electrons. The highest BCUT2D eigenvalue weighted by molar-refractivity contribution is 6.29. The van der Waals surface area contributed by atoms with Crippen molar-refractivity contribution in [3.63, 3.8) is 0 Å². The molecule has 2 aromatic rings. The molecule has 0 aromatic carbocycles. The number of rotatable bonds is 3. The molecular weight excluding hydrogens is 323 g/mol. The number of anilines is 1. The number of morpholine rings is 1. The molecule has 3 heterocycles. The van der Waals surface area contributed by atoms with Crippen molar-refractivity contribution in [2.75, 3.05) is 31.2 Å². The molecular formula is C12H13Cl3N4O. The maximum absolute atomic E-state index is 6.13. The van der Waals surface area contributed by atoms with Gasteiger partial charge < -0.3 is 9.64 Å². The van der Waals surface area contributed by atoms with Gasteiger partial charge in [0.2, 0.25) is 0 Å². The van der Waals surface area contributed by atoms with Crippen LogP contribution in [0.1, 0.15) is 11.4 Å². The predicted octanol–water partition coefficient (Wildman–Crippen LogP) is 2.70. The highest BCUT2D eigenvalue weighted by atomic mass is 35.5. The van der Waals surface area contributed by atoms with Crippen molar-refractivity contribution in [3.8, 4) is 0 Å². The Hall–Kier alpha value is -0.750. The van der Waals surface area contributed by atoms with E-state index in [1.54, 1.807) is 6.20 Å². The first kappa shape index (κ1) is 14.2. The highest BCUT2D eigenvalue weighted by Crippen LogP contribution is 2.26. The molecule has 1 aliphatic rings. The second kappa shape index (κ2) is 5.93. The van der Waals surface area contributed by atoms with Crippen LogP contribution in [0.25, 0.3) is 5.65 Å².